The van der Waals surface area contributed by atoms with Crippen LogP contribution in [0, 0.1) is 20.8 Å². The first-order valence-corrected chi connectivity index (χ1v) is 6.09. The van der Waals surface area contributed by atoms with Gasteiger partial charge in [-0.2, -0.15) is 0 Å². The predicted molar refractivity (Wildman–Crippen MR) is 75.5 cm³/mol. The lowest BCUT2D eigenvalue weighted by atomic mass is 10.0. The summed E-state index contributed by atoms with van der Waals surface area (Å²) in [4.78, 5) is 14.5. The summed E-state index contributed by atoms with van der Waals surface area (Å²) in [5.74, 6) is 0.350. The largest absolute Gasteiger partial charge is 0.496 e. The minimum Gasteiger partial charge on any atom is -0.496 e. The van der Waals surface area contributed by atoms with Crippen LogP contribution in [-0.2, 0) is 0 Å². The smallest absolute Gasteiger partial charge is 0.250 e. The summed E-state index contributed by atoms with van der Waals surface area (Å²) in [5.41, 5.74) is 10.7. The summed E-state index contributed by atoms with van der Waals surface area (Å²) in [6, 6.07) is 5.80. The van der Waals surface area contributed by atoms with Gasteiger partial charge in [-0.1, -0.05) is 0 Å². The van der Waals surface area contributed by atoms with Crippen LogP contribution in [-0.4, -0.2) is 18.0 Å². The van der Waals surface area contributed by atoms with Crippen molar-refractivity contribution in [3.05, 3.63) is 40.6 Å². The second-order valence-electron chi connectivity index (χ2n) is 4.72. The van der Waals surface area contributed by atoms with Gasteiger partial charge in [-0.15, -0.1) is 0 Å². The monoisotopic (exact) mass is 258 g/mol. The lowest BCUT2D eigenvalue weighted by molar-refractivity contribution is 0.1000. The Morgan fingerprint density at radius 2 is 1.79 bits per heavy atom. The van der Waals surface area contributed by atoms with E-state index < -0.39 is 5.91 Å². The zero-order chi connectivity index (χ0) is 14.2. The van der Waals surface area contributed by atoms with Crippen molar-refractivity contribution in [1.82, 2.24) is 4.98 Å². The van der Waals surface area contributed by atoms with Crippen LogP contribution in [0.4, 0.5) is 0 Å². The number of methoxy groups -OCH3 is 1. The molecule has 1 heterocycles. The number of nitrogens with one attached hydrogen (secondary N) is 1. The quantitative estimate of drug-likeness (QED) is 0.888. The number of hydrogen-bond acceptors (Lipinski definition) is 2. The van der Waals surface area contributed by atoms with E-state index in [4.69, 9.17) is 10.5 Å². The first-order chi connectivity index (χ1) is 8.93. The number of aryl methyl sites for hydroxylation is 3. The number of nitrogens with two attached hydrogens (primary N) is 1. The molecule has 0 radical (unpaired) electrons. The molecule has 0 unspecified atom stereocenters. The molecule has 0 atom stereocenters. The van der Waals surface area contributed by atoms with Gasteiger partial charge in [-0.05, 0) is 50.1 Å². The van der Waals surface area contributed by atoms with Gasteiger partial charge in [0.15, 0.2) is 0 Å². The number of rotatable bonds is 3. The molecule has 0 saturated carbocycles. The summed E-state index contributed by atoms with van der Waals surface area (Å²) in [7, 11) is 1.64. The van der Waals surface area contributed by atoms with Crippen LogP contribution in [0.15, 0.2) is 18.2 Å². The maximum Gasteiger partial charge on any atom is 0.250 e. The van der Waals surface area contributed by atoms with Gasteiger partial charge < -0.3 is 15.5 Å². The standard InChI is InChI=1S/C15H18N2O2/c1-8-5-12(14(19-4)6-9(8)2)13-7-11(15(16)18)10(3)17-13/h5-7,17H,1-4H3,(H2,16,18). The van der Waals surface area contributed by atoms with Crippen molar-refractivity contribution in [3.63, 3.8) is 0 Å². The van der Waals surface area contributed by atoms with Crippen molar-refractivity contribution in [2.75, 3.05) is 7.11 Å². The lowest BCUT2D eigenvalue weighted by Crippen LogP contribution is -2.10. The number of benzene rings is 1. The van der Waals surface area contributed by atoms with E-state index in [0.29, 0.717) is 5.56 Å². The summed E-state index contributed by atoms with van der Waals surface area (Å²) in [6.45, 7) is 5.91. The average Bonchev–Trinajstić information content (AvgIpc) is 2.74. The molecule has 0 saturated heterocycles. The van der Waals surface area contributed by atoms with E-state index in [9.17, 15) is 4.79 Å². The molecule has 0 aliphatic rings. The van der Waals surface area contributed by atoms with Crippen molar-refractivity contribution < 1.29 is 9.53 Å². The predicted octanol–water partition coefficient (Wildman–Crippen LogP) is 2.71. The van der Waals surface area contributed by atoms with Crippen LogP contribution in [0.3, 0.4) is 0 Å². The number of ether oxygens (including phenoxy) is 1. The molecule has 0 fully saturated rings. The summed E-state index contributed by atoms with van der Waals surface area (Å²) < 4.78 is 5.41. The zero-order valence-corrected chi connectivity index (χ0v) is 11.6. The number of aromatic amines is 1. The third-order valence-corrected chi connectivity index (χ3v) is 3.39. The van der Waals surface area contributed by atoms with Crippen LogP contribution < -0.4 is 10.5 Å². The average molecular weight is 258 g/mol. The highest BCUT2D eigenvalue weighted by atomic mass is 16.5. The molecule has 1 amide bonds. The molecule has 100 valence electrons. The van der Waals surface area contributed by atoms with E-state index in [2.05, 4.69) is 4.98 Å². The maximum absolute atomic E-state index is 11.3. The molecule has 0 aliphatic heterocycles. The van der Waals surface area contributed by atoms with E-state index >= 15 is 0 Å². The van der Waals surface area contributed by atoms with Gasteiger partial charge in [0.25, 0.3) is 5.91 Å². The number of carbonyl (C=O) groups excluding carboxylic acids is 1. The highest BCUT2D eigenvalue weighted by molar-refractivity contribution is 5.95. The molecule has 2 rings (SSSR count). The number of H-pyrrole nitrogens is 1. The fraction of sp³-hybridized carbons (Fsp3) is 0.267. The van der Waals surface area contributed by atoms with Gasteiger partial charge >= 0.3 is 0 Å². The Bertz CT molecular complexity index is 642. The fourth-order valence-corrected chi connectivity index (χ4v) is 2.13. The topological polar surface area (TPSA) is 68.1 Å². The second kappa shape index (κ2) is 4.80. The summed E-state index contributed by atoms with van der Waals surface area (Å²) in [5, 5.41) is 0. The first-order valence-electron chi connectivity index (χ1n) is 6.09. The van der Waals surface area contributed by atoms with Crippen molar-refractivity contribution >= 4 is 5.91 Å². The van der Waals surface area contributed by atoms with Crippen LogP contribution in [0.25, 0.3) is 11.3 Å². The number of carbonyl (C=O) groups is 1. The molecule has 1 aromatic heterocycles. The summed E-state index contributed by atoms with van der Waals surface area (Å²) >= 11 is 0. The molecule has 1 aromatic carbocycles. The van der Waals surface area contributed by atoms with E-state index in [1.165, 1.54) is 11.1 Å². The second-order valence-corrected chi connectivity index (χ2v) is 4.72. The Morgan fingerprint density at radius 1 is 1.16 bits per heavy atom. The molecule has 2 aromatic rings. The SMILES string of the molecule is COc1cc(C)c(C)cc1-c1cc(C(N)=O)c(C)[nH]1. The van der Waals surface area contributed by atoms with Crippen LogP contribution in [0.2, 0.25) is 0 Å². The van der Waals surface area contributed by atoms with Gasteiger partial charge in [0, 0.05) is 11.3 Å². The Morgan fingerprint density at radius 3 is 2.32 bits per heavy atom. The number of aromatic nitrogens is 1. The Hall–Kier alpha value is -2.23. The molecule has 19 heavy (non-hydrogen) atoms. The molecular formula is C15H18N2O2. The molecular weight excluding hydrogens is 240 g/mol. The van der Waals surface area contributed by atoms with Gasteiger partial charge in [-0.25, -0.2) is 0 Å². The Labute approximate surface area is 112 Å². The van der Waals surface area contributed by atoms with Gasteiger partial charge in [0.2, 0.25) is 0 Å². The Kier molecular flexibility index (Phi) is 3.34. The molecule has 0 aliphatic carbocycles. The van der Waals surface area contributed by atoms with Gasteiger partial charge in [0.1, 0.15) is 5.75 Å². The number of amides is 1. The highest BCUT2D eigenvalue weighted by Gasteiger charge is 2.14. The zero-order valence-electron chi connectivity index (χ0n) is 11.6. The van der Waals surface area contributed by atoms with E-state index in [-0.39, 0.29) is 0 Å². The van der Waals surface area contributed by atoms with Crippen molar-refractivity contribution in [2.45, 2.75) is 20.8 Å². The molecule has 0 bridgehead atoms. The maximum atomic E-state index is 11.3. The third-order valence-electron chi connectivity index (χ3n) is 3.39. The van der Waals surface area contributed by atoms with Crippen LogP contribution >= 0.6 is 0 Å². The minimum absolute atomic E-state index is 0.428. The minimum atomic E-state index is -0.428. The van der Waals surface area contributed by atoms with E-state index in [1.54, 1.807) is 13.2 Å². The van der Waals surface area contributed by atoms with Gasteiger partial charge in [-0.3, -0.25) is 4.79 Å². The number of hydrogen-bond donors (Lipinski definition) is 2. The summed E-state index contributed by atoms with van der Waals surface area (Å²) in [6.07, 6.45) is 0. The molecule has 0 spiro atoms. The number of primary amides is 1. The van der Waals surface area contributed by atoms with Gasteiger partial charge in [0.05, 0.1) is 18.4 Å². The van der Waals surface area contributed by atoms with Crippen molar-refractivity contribution in [2.24, 2.45) is 5.73 Å². The van der Waals surface area contributed by atoms with Crippen molar-refractivity contribution in [1.29, 1.82) is 0 Å². The highest BCUT2D eigenvalue weighted by Crippen LogP contribution is 2.33. The van der Waals surface area contributed by atoms with Crippen molar-refractivity contribution in [3.8, 4) is 17.0 Å². The fourth-order valence-electron chi connectivity index (χ4n) is 2.13. The van der Waals surface area contributed by atoms with E-state index in [1.807, 2.05) is 32.9 Å². The molecule has 4 heteroatoms. The lowest BCUT2D eigenvalue weighted by Gasteiger charge is -2.10. The Balaban J connectivity index is 2.61. The van der Waals surface area contributed by atoms with E-state index in [0.717, 1.165) is 22.7 Å². The van der Waals surface area contributed by atoms with Crippen LogP contribution in [0.5, 0.6) is 5.75 Å². The normalized spacial score (nSPS) is 10.5. The molecule has 3 N–H and O–H groups in total. The molecule has 4 nitrogen and oxygen atoms in total. The first kappa shape index (κ1) is 13.2. The third kappa shape index (κ3) is 2.34. The van der Waals surface area contributed by atoms with Crippen LogP contribution in [0.1, 0.15) is 27.2 Å².